The maximum atomic E-state index is 13.8. The van der Waals surface area contributed by atoms with E-state index in [4.69, 9.17) is 4.74 Å². The summed E-state index contributed by atoms with van der Waals surface area (Å²) in [6.07, 6.45) is 2.75. The number of para-hydroxylation sites is 1. The van der Waals surface area contributed by atoms with Gasteiger partial charge in [0.1, 0.15) is 13.2 Å². The number of aliphatic imine (C=N–C) groups is 1. The summed E-state index contributed by atoms with van der Waals surface area (Å²) in [6.45, 7) is 5.23. The molecule has 2 bridgehead atoms. The zero-order valence-electron chi connectivity index (χ0n) is 21.5. The molecule has 0 unspecified atom stereocenters. The van der Waals surface area contributed by atoms with E-state index in [9.17, 15) is 14.4 Å². The number of carbonyl (C=O) groups is 3. The van der Waals surface area contributed by atoms with Gasteiger partial charge in [-0.2, -0.15) is 0 Å². The molecule has 1 atom stereocenters. The Morgan fingerprint density at radius 2 is 1.65 bits per heavy atom. The molecule has 194 valence electrons. The molecule has 1 saturated carbocycles. The number of amides is 3. The molecule has 3 fully saturated rings. The first-order valence-electron chi connectivity index (χ1n) is 13.1. The predicted molar refractivity (Wildman–Crippen MR) is 141 cm³/mol. The van der Waals surface area contributed by atoms with E-state index in [-0.39, 0.29) is 19.1 Å². The van der Waals surface area contributed by atoms with Gasteiger partial charge in [-0.05, 0) is 62.5 Å². The smallest absolute Gasteiger partial charge is 0.409 e. The molecule has 3 aliphatic heterocycles. The van der Waals surface area contributed by atoms with Gasteiger partial charge in [0.2, 0.25) is 12.1 Å². The summed E-state index contributed by atoms with van der Waals surface area (Å²) in [5, 5.41) is 2.62. The van der Waals surface area contributed by atoms with Crippen LogP contribution in [0, 0.1) is 18.8 Å². The third-order valence-corrected chi connectivity index (χ3v) is 7.76. The van der Waals surface area contributed by atoms with Crippen LogP contribution in [0.5, 0.6) is 0 Å². The molecule has 6 rings (SSSR count). The van der Waals surface area contributed by atoms with Crippen LogP contribution in [0.25, 0.3) is 0 Å². The second-order valence-electron chi connectivity index (χ2n) is 10.4. The highest BCUT2D eigenvalue weighted by atomic mass is 16.5. The molecule has 2 aromatic rings. The molecule has 3 amide bonds. The third kappa shape index (κ3) is 5.53. The monoisotopic (exact) mass is 502 g/mol. The fourth-order valence-electron chi connectivity index (χ4n) is 5.75. The van der Waals surface area contributed by atoms with Crippen LogP contribution in [0.15, 0.2) is 53.5 Å². The summed E-state index contributed by atoms with van der Waals surface area (Å²) in [5.41, 5.74) is 3.77. The highest BCUT2D eigenvalue weighted by Crippen LogP contribution is 2.34. The van der Waals surface area contributed by atoms with E-state index < -0.39 is 18.2 Å². The van der Waals surface area contributed by atoms with Gasteiger partial charge in [-0.1, -0.05) is 48.5 Å². The topological polar surface area (TPSA) is 91.3 Å². The van der Waals surface area contributed by atoms with E-state index in [2.05, 4.69) is 10.3 Å². The van der Waals surface area contributed by atoms with Gasteiger partial charge in [-0.25, -0.2) is 4.79 Å². The number of benzene rings is 2. The number of nitrogens with one attached hydrogen (secondary N) is 1. The Morgan fingerprint density at radius 3 is 2.32 bits per heavy atom. The predicted octanol–water partition coefficient (Wildman–Crippen LogP) is 4.05. The molecule has 3 heterocycles. The van der Waals surface area contributed by atoms with E-state index in [1.807, 2.05) is 67.3 Å². The summed E-state index contributed by atoms with van der Waals surface area (Å²) < 4.78 is 5.35. The molecule has 1 N–H and O–H groups in total. The highest BCUT2D eigenvalue weighted by molar-refractivity contribution is 6.14. The van der Waals surface area contributed by atoms with Gasteiger partial charge in [0, 0.05) is 24.4 Å². The van der Waals surface area contributed by atoms with Crippen molar-refractivity contribution in [2.24, 2.45) is 16.8 Å². The average molecular weight is 503 g/mol. The van der Waals surface area contributed by atoms with Crippen molar-refractivity contribution in [1.82, 2.24) is 10.2 Å². The number of aryl methyl sites for hydroxylation is 1. The first-order chi connectivity index (χ1) is 17.9. The van der Waals surface area contributed by atoms with E-state index in [0.717, 1.165) is 29.8 Å². The molecule has 2 aromatic carbocycles. The van der Waals surface area contributed by atoms with Crippen LogP contribution < -0.4 is 10.2 Å². The minimum absolute atomic E-state index is 0.0636. The second-order valence-corrected chi connectivity index (χ2v) is 10.4. The molecule has 0 aromatic heterocycles. The first kappa shape index (κ1) is 25.0. The van der Waals surface area contributed by atoms with Crippen LogP contribution in [0.4, 0.5) is 10.5 Å². The Bertz CT molecular complexity index is 1190. The van der Waals surface area contributed by atoms with Crippen molar-refractivity contribution in [1.29, 1.82) is 0 Å². The quantitative estimate of drug-likeness (QED) is 0.668. The van der Waals surface area contributed by atoms with E-state index in [1.165, 1.54) is 30.6 Å². The number of hydrogen-bond donors (Lipinski definition) is 1. The number of anilines is 1. The van der Waals surface area contributed by atoms with Crippen molar-refractivity contribution in [2.45, 2.75) is 52.3 Å². The fraction of sp³-hybridized carbons (Fsp3) is 0.448. The lowest BCUT2D eigenvalue weighted by atomic mass is 9.84. The standard InChI is InChI=1S/C29H34N4O4/c1-19-7-6-10-24-20(2)30-27(31-29(36)37-18-23-8-4-3-5-9-23)28(35)33(26(19)24)17-25(34)32-15-21-11-12-22(16-32)14-13-21/h3-10,21-22,27H,11-18H2,1-2H3,(H,31,36)/t21?,22?,27-/m1/s1. The summed E-state index contributed by atoms with van der Waals surface area (Å²) in [4.78, 5) is 48.0. The number of alkyl carbamates (subject to hydrolysis) is 1. The largest absolute Gasteiger partial charge is 0.445 e. The summed E-state index contributed by atoms with van der Waals surface area (Å²) >= 11 is 0. The minimum atomic E-state index is -1.19. The Balaban J connectivity index is 1.36. The maximum Gasteiger partial charge on any atom is 0.409 e. The van der Waals surface area contributed by atoms with Crippen molar-refractivity contribution in [3.63, 3.8) is 0 Å². The van der Waals surface area contributed by atoms with Crippen LogP contribution in [0.3, 0.4) is 0 Å². The van der Waals surface area contributed by atoms with Crippen molar-refractivity contribution in [3.05, 3.63) is 65.2 Å². The molecule has 8 heteroatoms. The number of ether oxygens (including phenoxy) is 1. The van der Waals surface area contributed by atoms with E-state index in [0.29, 0.717) is 23.2 Å². The third-order valence-electron chi connectivity index (χ3n) is 7.76. The number of carbonyl (C=O) groups excluding carboxylic acids is 3. The Morgan fingerprint density at radius 1 is 0.973 bits per heavy atom. The molecule has 0 radical (unpaired) electrons. The van der Waals surface area contributed by atoms with Crippen molar-refractivity contribution >= 4 is 29.3 Å². The Hall–Kier alpha value is -3.68. The zero-order valence-corrected chi connectivity index (χ0v) is 21.5. The number of benzodiazepines with no additional fused rings is 1. The first-order valence-corrected chi connectivity index (χ1v) is 13.1. The molecular weight excluding hydrogens is 468 g/mol. The van der Waals surface area contributed by atoms with Gasteiger partial charge in [-0.3, -0.25) is 24.8 Å². The number of fused-ring (bicyclic) bond motifs is 5. The van der Waals surface area contributed by atoms with Gasteiger partial charge in [0.25, 0.3) is 5.91 Å². The normalized spacial score (nSPS) is 23.0. The SMILES string of the molecule is CC1=N[C@H](NC(=O)OCc2ccccc2)C(=O)N(CC(=O)N2CC3CCC(CC3)C2)c2c(C)cccc21. The van der Waals surface area contributed by atoms with Gasteiger partial charge < -0.3 is 9.64 Å². The van der Waals surface area contributed by atoms with Crippen molar-refractivity contribution < 1.29 is 19.1 Å². The molecule has 8 nitrogen and oxygen atoms in total. The van der Waals surface area contributed by atoms with E-state index in [1.54, 1.807) is 0 Å². The number of hydrogen-bond acceptors (Lipinski definition) is 5. The summed E-state index contributed by atoms with van der Waals surface area (Å²) in [6, 6.07) is 15.1. The highest BCUT2D eigenvalue weighted by Gasteiger charge is 2.37. The number of nitrogens with zero attached hydrogens (tertiary/aromatic N) is 3. The van der Waals surface area contributed by atoms with Gasteiger partial charge in [-0.15, -0.1) is 0 Å². The molecular formula is C29H34N4O4. The Kier molecular flexibility index (Phi) is 7.26. The Labute approximate surface area is 217 Å². The zero-order chi connectivity index (χ0) is 25.9. The fourth-order valence-corrected chi connectivity index (χ4v) is 5.75. The molecule has 2 saturated heterocycles. The molecule has 0 spiro atoms. The van der Waals surface area contributed by atoms with Crippen LogP contribution >= 0.6 is 0 Å². The number of rotatable bonds is 5. The maximum absolute atomic E-state index is 13.8. The lowest BCUT2D eigenvalue weighted by Gasteiger charge is -2.30. The molecule has 1 aliphatic carbocycles. The van der Waals surface area contributed by atoms with Crippen LogP contribution in [0.2, 0.25) is 0 Å². The van der Waals surface area contributed by atoms with Gasteiger partial charge >= 0.3 is 6.09 Å². The lowest BCUT2D eigenvalue weighted by molar-refractivity contribution is -0.132. The van der Waals surface area contributed by atoms with Crippen LogP contribution in [-0.4, -0.2) is 54.3 Å². The van der Waals surface area contributed by atoms with E-state index >= 15 is 0 Å². The summed E-state index contributed by atoms with van der Waals surface area (Å²) in [7, 11) is 0. The van der Waals surface area contributed by atoms with Crippen LogP contribution in [0.1, 0.15) is 49.3 Å². The molecule has 37 heavy (non-hydrogen) atoms. The van der Waals surface area contributed by atoms with Crippen molar-refractivity contribution in [2.75, 3.05) is 24.5 Å². The van der Waals surface area contributed by atoms with Crippen molar-refractivity contribution in [3.8, 4) is 0 Å². The lowest BCUT2D eigenvalue weighted by Crippen LogP contribution is -2.51. The second kappa shape index (κ2) is 10.7. The molecule has 4 aliphatic rings. The minimum Gasteiger partial charge on any atom is -0.445 e. The average Bonchev–Trinajstić information content (AvgIpc) is 3.28. The van der Waals surface area contributed by atoms with Gasteiger partial charge in [0.05, 0.1) is 5.69 Å². The van der Waals surface area contributed by atoms with Crippen LogP contribution in [-0.2, 0) is 20.9 Å². The summed E-state index contributed by atoms with van der Waals surface area (Å²) in [5.74, 6) is 0.563. The van der Waals surface area contributed by atoms with Gasteiger partial charge in [0.15, 0.2) is 0 Å².